The molecule has 15 heavy (non-hydrogen) atoms. The van der Waals surface area contributed by atoms with E-state index in [1.54, 1.807) is 6.92 Å². The maximum absolute atomic E-state index is 10.8. The van der Waals surface area contributed by atoms with Gasteiger partial charge < -0.3 is 9.84 Å². The van der Waals surface area contributed by atoms with Gasteiger partial charge in [-0.05, 0) is 12.5 Å². The van der Waals surface area contributed by atoms with Gasteiger partial charge in [-0.1, -0.05) is 25.1 Å². The summed E-state index contributed by atoms with van der Waals surface area (Å²) in [5.41, 5.74) is 1.14. The smallest absolute Gasteiger partial charge is 0.306 e. The third kappa shape index (κ3) is 1.96. The number of aliphatic carboxylic acids is 1. The van der Waals surface area contributed by atoms with Crippen LogP contribution in [0.2, 0.25) is 0 Å². The van der Waals surface area contributed by atoms with Crippen LogP contribution in [0, 0.1) is 5.92 Å². The minimum Gasteiger partial charge on any atom is -0.493 e. The Hall–Kier alpha value is -1.51. The van der Waals surface area contributed by atoms with Crippen LogP contribution >= 0.6 is 0 Å². The fraction of sp³-hybridized carbons (Fsp3) is 0.417. The summed E-state index contributed by atoms with van der Waals surface area (Å²) in [4.78, 5) is 10.8. The van der Waals surface area contributed by atoms with Crippen molar-refractivity contribution in [1.29, 1.82) is 0 Å². The molecule has 1 aliphatic heterocycles. The van der Waals surface area contributed by atoms with Crippen molar-refractivity contribution in [3.8, 4) is 5.75 Å². The van der Waals surface area contributed by atoms with Crippen LogP contribution in [0.5, 0.6) is 5.75 Å². The lowest BCUT2D eigenvalue weighted by Gasteiger charge is -2.11. The van der Waals surface area contributed by atoms with Crippen molar-refractivity contribution in [2.75, 3.05) is 6.61 Å². The van der Waals surface area contributed by atoms with E-state index in [1.165, 1.54) is 0 Å². The van der Waals surface area contributed by atoms with E-state index in [4.69, 9.17) is 9.84 Å². The van der Waals surface area contributed by atoms with Gasteiger partial charge in [-0.3, -0.25) is 4.79 Å². The molecule has 0 amide bonds. The maximum atomic E-state index is 10.8. The highest BCUT2D eigenvalue weighted by molar-refractivity contribution is 5.69. The summed E-state index contributed by atoms with van der Waals surface area (Å²) < 4.78 is 5.50. The molecule has 1 heterocycles. The number of ether oxygens (including phenoxy) is 1. The molecule has 0 saturated heterocycles. The van der Waals surface area contributed by atoms with Gasteiger partial charge in [0.15, 0.2) is 0 Å². The Labute approximate surface area is 88.7 Å². The molecule has 3 nitrogen and oxygen atoms in total. The fourth-order valence-corrected chi connectivity index (χ4v) is 1.95. The van der Waals surface area contributed by atoms with Crippen LogP contribution in [0.4, 0.5) is 0 Å². The molecule has 2 rings (SSSR count). The van der Waals surface area contributed by atoms with Gasteiger partial charge in [0.05, 0.1) is 12.5 Å². The van der Waals surface area contributed by atoms with E-state index in [-0.39, 0.29) is 11.8 Å². The van der Waals surface area contributed by atoms with Crippen LogP contribution in [0.15, 0.2) is 24.3 Å². The standard InChI is InChI=1S/C12H14O3/c1-8(12(13)14)6-9-7-15-11-5-3-2-4-10(9)11/h2-5,8-9H,6-7H2,1H3,(H,13,14). The Bertz CT molecular complexity index is 373. The van der Waals surface area contributed by atoms with E-state index in [0.717, 1.165) is 11.3 Å². The number of benzene rings is 1. The summed E-state index contributed by atoms with van der Waals surface area (Å²) in [5, 5.41) is 8.85. The number of carbonyl (C=O) groups is 1. The van der Waals surface area contributed by atoms with Gasteiger partial charge in [0, 0.05) is 11.5 Å². The number of hydrogen-bond acceptors (Lipinski definition) is 2. The van der Waals surface area contributed by atoms with Gasteiger partial charge >= 0.3 is 5.97 Å². The SMILES string of the molecule is CC(CC1COc2ccccc21)C(=O)O. The number of fused-ring (bicyclic) bond motifs is 1. The third-order valence-corrected chi connectivity index (χ3v) is 2.86. The highest BCUT2D eigenvalue weighted by Crippen LogP contribution is 2.37. The highest BCUT2D eigenvalue weighted by Gasteiger charge is 2.27. The zero-order valence-electron chi connectivity index (χ0n) is 8.64. The normalized spacial score (nSPS) is 20.5. The molecule has 0 fully saturated rings. The van der Waals surface area contributed by atoms with Crippen molar-refractivity contribution >= 4 is 5.97 Å². The van der Waals surface area contributed by atoms with E-state index < -0.39 is 5.97 Å². The van der Waals surface area contributed by atoms with E-state index in [9.17, 15) is 4.79 Å². The number of rotatable bonds is 3. The van der Waals surface area contributed by atoms with Crippen molar-refractivity contribution in [1.82, 2.24) is 0 Å². The van der Waals surface area contributed by atoms with Crippen molar-refractivity contribution in [2.45, 2.75) is 19.3 Å². The molecule has 1 N–H and O–H groups in total. The first-order valence-corrected chi connectivity index (χ1v) is 5.13. The second-order valence-corrected chi connectivity index (χ2v) is 4.02. The zero-order chi connectivity index (χ0) is 10.8. The van der Waals surface area contributed by atoms with Crippen LogP contribution in [-0.2, 0) is 4.79 Å². The average Bonchev–Trinajstić information content (AvgIpc) is 2.62. The Kier molecular flexibility index (Phi) is 2.62. The first-order valence-electron chi connectivity index (χ1n) is 5.13. The molecule has 0 saturated carbocycles. The zero-order valence-corrected chi connectivity index (χ0v) is 8.64. The second kappa shape index (κ2) is 3.93. The molecule has 1 aliphatic rings. The summed E-state index contributed by atoms with van der Waals surface area (Å²) in [7, 11) is 0. The number of carboxylic acid groups (broad SMARTS) is 1. The lowest BCUT2D eigenvalue weighted by molar-refractivity contribution is -0.141. The Morgan fingerprint density at radius 1 is 1.60 bits per heavy atom. The summed E-state index contributed by atoms with van der Waals surface area (Å²) in [6, 6.07) is 7.84. The number of carboxylic acids is 1. The van der Waals surface area contributed by atoms with E-state index >= 15 is 0 Å². The van der Waals surface area contributed by atoms with Crippen molar-refractivity contribution in [3.63, 3.8) is 0 Å². The molecule has 2 atom stereocenters. The topological polar surface area (TPSA) is 46.5 Å². The molecular formula is C12H14O3. The predicted octanol–water partition coefficient (Wildman–Crippen LogP) is 2.27. The fourth-order valence-electron chi connectivity index (χ4n) is 1.95. The van der Waals surface area contributed by atoms with Crippen LogP contribution in [0.3, 0.4) is 0 Å². The summed E-state index contributed by atoms with van der Waals surface area (Å²) in [6.45, 7) is 2.35. The molecule has 80 valence electrons. The highest BCUT2D eigenvalue weighted by atomic mass is 16.5. The second-order valence-electron chi connectivity index (χ2n) is 4.02. The van der Waals surface area contributed by atoms with E-state index in [0.29, 0.717) is 13.0 Å². The van der Waals surface area contributed by atoms with Crippen molar-refractivity contribution in [3.05, 3.63) is 29.8 Å². The predicted molar refractivity (Wildman–Crippen MR) is 56.1 cm³/mol. The van der Waals surface area contributed by atoms with Gasteiger partial charge in [0.1, 0.15) is 5.75 Å². The summed E-state index contributed by atoms with van der Waals surface area (Å²) in [5.74, 6) is 0.0801. The molecule has 1 aromatic carbocycles. The third-order valence-electron chi connectivity index (χ3n) is 2.86. The molecule has 0 radical (unpaired) electrons. The Morgan fingerprint density at radius 2 is 2.33 bits per heavy atom. The molecule has 0 bridgehead atoms. The summed E-state index contributed by atoms with van der Waals surface area (Å²) >= 11 is 0. The molecular weight excluding hydrogens is 192 g/mol. The van der Waals surface area contributed by atoms with Crippen LogP contribution in [0.25, 0.3) is 0 Å². The van der Waals surface area contributed by atoms with Crippen LogP contribution in [-0.4, -0.2) is 17.7 Å². The average molecular weight is 206 g/mol. The van der Waals surface area contributed by atoms with Gasteiger partial charge in [-0.2, -0.15) is 0 Å². The first kappa shape index (κ1) is 10.0. The number of para-hydroxylation sites is 1. The molecule has 0 aliphatic carbocycles. The molecule has 0 spiro atoms. The van der Waals surface area contributed by atoms with Gasteiger partial charge in [-0.25, -0.2) is 0 Å². The summed E-state index contributed by atoms with van der Waals surface area (Å²) in [6.07, 6.45) is 0.645. The number of hydrogen-bond donors (Lipinski definition) is 1. The monoisotopic (exact) mass is 206 g/mol. The van der Waals surface area contributed by atoms with Gasteiger partial charge in [0.25, 0.3) is 0 Å². The van der Waals surface area contributed by atoms with Crippen molar-refractivity contribution < 1.29 is 14.6 Å². The lowest BCUT2D eigenvalue weighted by atomic mass is 9.91. The van der Waals surface area contributed by atoms with E-state index in [2.05, 4.69) is 0 Å². The minimum atomic E-state index is -0.737. The lowest BCUT2D eigenvalue weighted by Crippen LogP contribution is -2.14. The van der Waals surface area contributed by atoms with Crippen LogP contribution < -0.4 is 4.74 Å². The van der Waals surface area contributed by atoms with Crippen molar-refractivity contribution in [2.24, 2.45) is 5.92 Å². The van der Waals surface area contributed by atoms with Gasteiger partial charge in [0.2, 0.25) is 0 Å². The Morgan fingerprint density at radius 3 is 3.07 bits per heavy atom. The quantitative estimate of drug-likeness (QED) is 0.825. The molecule has 3 heteroatoms. The molecule has 0 aromatic heterocycles. The van der Waals surface area contributed by atoms with E-state index in [1.807, 2.05) is 24.3 Å². The Balaban J connectivity index is 2.11. The maximum Gasteiger partial charge on any atom is 0.306 e. The molecule has 2 unspecified atom stereocenters. The van der Waals surface area contributed by atoms with Gasteiger partial charge in [-0.15, -0.1) is 0 Å². The van der Waals surface area contributed by atoms with Crippen LogP contribution in [0.1, 0.15) is 24.8 Å². The molecule has 1 aromatic rings. The largest absolute Gasteiger partial charge is 0.493 e. The first-order chi connectivity index (χ1) is 7.18. The minimum absolute atomic E-state index is 0.229.